The SMILES string of the molecule is CC(C)(CN)NC(=O)c1csc(I)c1.Cl. The molecule has 1 amide bonds. The number of hydrogen-bond acceptors (Lipinski definition) is 3. The summed E-state index contributed by atoms with van der Waals surface area (Å²) >= 11 is 3.76. The van der Waals surface area contributed by atoms with E-state index in [-0.39, 0.29) is 23.9 Å². The second-order valence-electron chi connectivity index (χ2n) is 3.68. The van der Waals surface area contributed by atoms with Crippen molar-refractivity contribution in [3.05, 3.63) is 19.9 Å². The fourth-order valence-corrected chi connectivity index (χ4v) is 2.19. The lowest BCUT2D eigenvalue weighted by atomic mass is 10.1. The molecule has 0 fully saturated rings. The molecule has 0 aliphatic rings. The predicted molar refractivity (Wildman–Crippen MR) is 74.9 cm³/mol. The molecule has 1 rings (SSSR count). The normalized spacial score (nSPS) is 10.7. The van der Waals surface area contributed by atoms with Crippen LogP contribution in [0.5, 0.6) is 0 Å². The highest BCUT2D eigenvalue weighted by Gasteiger charge is 2.19. The number of rotatable bonds is 3. The zero-order valence-electron chi connectivity index (χ0n) is 8.54. The summed E-state index contributed by atoms with van der Waals surface area (Å²) in [4.78, 5) is 11.7. The topological polar surface area (TPSA) is 55.1 Å². The van der Waals surface area contributed by atoms with E-state index in [0.29, 0.717) is 12.1 Å². The summed E-state index contributed by atoms with van der Waals surface area (Å²) in [6, 6.07) is 1.87. The number of carbonyl (C=O) groups is 1. The third-order valence-corrected chi connectivity index (χ3v) is 3.58. The number of carbonyl (C=O) groups excluding carboxylic acids is 1. The molecule has 0 aromatic carbocycles. The lowest BCUT2D eigenvalue weighted by Gasteiger charge is -2.23. The zero-order valence-corrected chi connectivity index (χ0v) is 12.3. The van der Waals surface area contributed by atoms with E-state index in [0.717, 1.165) is 2.88 Å². The molecule has 0 atom stereocenters. The van der Waals surface area contributed by atoms with Gasteiger partial charge in [-0.2, -0.15) is 0 Å². The molecular weight excluding hydrogens is 347 g/mol. The molecule has 0 spiro atoms. The first kappa shape index (κ1) is 15.2. The predicted octanol–water partition coefficient (Wildman–Crippen LogP) is 2.24. The highest BCUT2D eigenvalue weighted by molar-refractivity contribution is 14.1. The minimum absolute atomic E-state index is 0. The molecule has 15 heavy (non-hydrogen) atoms. The Morgan fingerprint density at radius 2 is 2.27 bits per heavy atom. The Kier molecular flexibility index (Phi) is 6.09. The highest BCUT2D eigenvalue weighted by Crippen LogP contribution is 2.17. The third kappa shape index (κ3) is 4.67. The van der Waals surface area contributed by atoms with Gasteiger partial charge in [-0.05, 0) is 42.5 Å². The van der Waals surface area contributed by atoms with Crippen LogP contribution in [0.15, 0.2) is 11.4 Å². The fraction of sp³-hybridized carbons (Fsp3) is 0.444. The quantitative estimate of drug-likeness (QED) is 0.812. The first-order valence-electron chi connectivity index (χ1n) is 4.21. The van der Waals surface area contributed by atoms with Crippen molar-refractivity contribution in [3.8, 4) is 0 Å². The lowest BCUT2D eigenvalue weighted by molar-refractivity contribution is 0.0916. The zero-order chi connectivity index (χ0) is 10.8. The lowest BCUT2D eigenvalue weighted by Crippen LogP contribution is -2.48. The van der Waals surface area contributed by atoms with Gasteiger partial charge in [-0.15, -0.1) is 23.7 Å². The van der Waals surface area contributed by atoms with Gasteiger partial charge in [-0.25, -0.2) is 0 Å². The smallest absolute Gasteiger partial charge is 0.252 e. The van der Waals surface area contributed by atoms with Gasteiger partial charge < -0.3 is 11.1 Å². The maximum atomic E-state index is 11.7. The summed E-state index contributed by atoms with van der Waals surface area (Å²) in [7, 11) is 0. The molecule has 3 nitrogen and oxygen atoms in total. The van der Waals surface area contributed by atoms with Crippen LogP contribution in [0.1, 0.15) is 24.2 Å². The van der Waals surface area contributed by atoms with Crippen LogP contribution in [0.25, 0.3) is 0 Å². The van der Waals surface area contributed by atoms with Crippen LogP contribution in [0.4, 0.5) is 0 Å². The van der Waals surface area contributed by atoms with Crippen LogP contribution in [-0.4, -0.2) is 18.0 Å². The standard InChI is InChI=1S/C9H13IN2OS.ClH/c1-9(2,5-11)12-8(13)6-3-7(10)14-4-6;/h3-4H,5,11H2,1-2H3,(H,12,13);1H. The van der Waals surface area contributed by atoms with Crippen molar-refractivity contribution >= 4 is 52.2 Å². The third-order valence-electron chi connectivity index (χ3n) is 1.79. The van der Waals surface area contributed by atoms with Crippen molar-refractivity contribution in [2.75, 3.05) is 6.54 Å². The summed E-state index contributed by atoms with van der Waals surface area (Å²) in [6.45, 7) is 4.24. The second kappa shape index (κ2) is 6.03. The van der Waals surface area contributed by atoms with Crippen LogP contribution in [0.3, 0.4) is 0 Å². The minimum atomic E-state index is -0.343. The first-order chi connectivity index (χ1) is 6.44. The number of thiophene rings is 1. The molecule has 3 N–H and O–H groups in total. The van der Waals surface area contributed by atoms with Crippen molar-refractivity contribution in [2.24, 2.45) is 5.73 Å². The Labute approximate surface area is 113 Å². The van der Waals surface area contributed by atoms with E-state index < -0.39 is 0 Å². The molecule has 0 aliphatic heterocycles. The van der Waals surface area contributed by atoms with E-state index >= 15 is 0 Å². The molecule has 1 heterocycles. The maximum absolute atomic E-state index is 11.7. The van der Waals surface area contributed by atoms with Gasteiger partial charge in [0.2, 0.25) is 0 Å². The molecule has 0 aliphatic carbocycles. The number of hydrogen-bond donors (Lipinski definition) is 2. The highest BCUT2D eigenvalue weighted by atomic mass is 127. The average Bonchev–Trinajstić information content (AvgIpc) is 2.51. The Morgan fingerprint density at radius 1 is 1.67 bits per heavy atom. The van der Waals surface area contributed by atoms with Gasteiger partial charge in [0.15, 0.2) is 0 Å². The number of nitrogens with one attached hydrogen (secondary N) is 1. The summed E-state index contributed by atoms with van der Waals surface area (Å²) in [5.41, 5.74) is 5.89. The largest absolute Gasteiger partial charge is 0.346 e. The number of nitrogens with two attached hydrogens (primary N) is 1. The Bertz CT molecular complexity index is 341. The molecule has 6 heteroatoms. The molecule has 0 radical (unpaired) electrons. The summed E-state index contributed by atoms with van der Waals surface area (Å²) in [6.07, 6.45) is 0. The Morgan fingerprint density at radius 3 is 2.67 bits per heavy atom. The number of halogens is 2. The van der Waals surface area contributed by atoms with E-state index in [9.17, 15) is 4.79 Å². The van der Waals surface area contributed by atoms with Gasteiger partial charge in [0.25, 0.3) is 5.91 Å². The summed E-state index contributed by atoms with van der Waals surface area (Å²) < 4.78 is 1.11. The van der Waals surface area contributed by atoms with Crippen LogP contribution in [0.2, 0.25) is 0 Å². The van der Waals surface area contributed by atoms with Gasteiger partial charge in [0.1, 0.15) is 0 Å². The average molecular weight is 361 g/mol. The first-order valence-corrected chi connectivity index (χ1v) is 6.17. The van der Waals surface area contributed by atoms with Gasteiger partial charge >= 0.3 is 0 Å². The van der Waals surface area contributed by atoms with Crippen molar-refractivity contribution in [2.45, 2.75) is 19.4 Å². The maximum Gasteiger partial charge on any atom is 0.252 e. The molecular formula is C9H14ClIN2OS. The van der Waals surface area contributed by atoms with Crippen molar-refractivity contribution in [1.82, 2.24) is 5.32 Å². The van der Waals surface area contributed by atoms with E-state index in [1.54, 1.807) is 11.3 Å². The molecule has 0 saturated carbocycles. The molecule has 1 aromatic rings. The molecule has 0 saturated heterocycles. The minimum Gasteiger partial charge on any atom is -0.346 e. The van der Waals surface area contributed by atoms with E-state index in [4.69, 9.17) is 5.73 Å². The molecule has 86 valence electrons. The van der Waals surface area contributed by atoms with Crippen molar-refractivity contribution in [3.63, 3.8) is 0 Å². The van der Waals surface area contributed by atoms with E-state index in [1.165, 1.54) is 0 Å². The summed E-state index contributed by atoms with van der Waals surface area (Å²) in [5.74, 6) is -0.0559. The van der Waals surface area contributed by atoms with Crippen LogP contribution in [0, 0.1) is 2.88 Å². The fourth-order valence-electron chi connectivity index (χ4n) is 0.860. The summed E-state index contributed by atoms with van der Waals surface area (Å²) in [5, 5.41) is 4.73. The Balaban J connectivity index is 0.00000196. The van der Waals surface area contributed by atoms with Gasteiger partial charge in [-0.1, -0.05) is 0 Å². The monoisotopic (exact) mass is 360 g/mol. The van der Waals surface area contributed by atoms with Gasteiger partial charge in [0.05, 0.1) is 8.45 Å². The van der Waals surface area contributed by atoms with Gasteiger partial charge in [-0.3, -0.25) is 4.79 Å². The van der Waals surface area contributed by atoms with E-state index in [1.807, 2.05) is 25.3 Å². The van der Waals surface area contributed by atoms with Crippen LogP contribution in [-0.2, 0) is 0 Å². The molecule has 1 aromatic heterocycles. The van der Waals surface area contributed by atoms with Crippen LogP contribution >= 0.6 is 46.3 Å². The molecule has 0 unspecified atom stereocenters. The molecule has 0 bridgehead atoms. The second-order valence-corrected chi connectivity index (χ2v) is 6.49. The van der Waals surface area contributed by atoms with Crippen LogP contribution < -0.4 is 11.1 Å². The van der Waals surface area contributed by atoms with Crippen molar-refractivity contribution < 1.29 is 4.79 Å². The van der Waals surface area contributed by atoms with Crippen molar-refractivity contribution in [1.29, 1.82) is 0 Å². The van der Waals surface area contributed by atoms with Gasteiger partial charge in [0, 0.05) is 17.5 Å². The number of amides is 1. The van der Waals surface area contributed by atoms with E-state index in [2.05, 4.69) is 27.9 Å². The Hall–Kier alpha value is 0.150.